The summed E-state index contributed by atoms with van der Waals surface area (Å²) in [4.78, 5) is 4.27. The Labute approximate surface area is 126 Å². The fraction of sp³-hybridized carbons (Fsp3) is 0.353. The van der Waals surface area contributed by atoms with Crippen molar-refractivity contribution in [3.05, 3.63) is 53.2 Å². The van der Waals surface area contributed by atoms with E-state index in [1.165, 1.54) is 11.1 Å². The molecule has 0 amide bonds. The minimum Gasteiger partial charge on any atom is -0.496 e. The van der Waals surface area contributed by atoms with Crippen molar-refractivity contribution in [2.75, 3.05) is 21.3 Å². The molecule has 1 heterocycles. The molecule has 112 valence electrons. The highest BCUT2D eigenvalue weighted by atomic mass is 16.5. The molecule has 4 heteroatoms. The third kappa shape index (κ3) is 3.52. The number of likely N-dealkylation sites (N-methyl/N-ethyl adjacent to an activating group) is 1. The molecule has 1 aromatic heterocycles. The first kappa shape index (κ1) is 15.3. The van der Waals surface area contributed by atoms with Crippen LogP contribution in [0.1, 0.15) is 22.7 Å². The second-order valence-electron chi connectivity index (χ2n) is 4.96. The van der Waals surface area contributed by atoms with Crippen molar-refractivity contribution in [3.63, 3.8) is 0 Å². The van der Waals surface area contributed by atoms with Crippen LogP contribution in [0.25, 0.3) is 0 Å². The van der Waals surface area contributed by atoms with E-state index in [4.69, 9.17) is 9.47 Å². The summed E-state index contributed by atoms with van der Waals surface area (Å²) in [5.41, 5.74) is 3.44. The van der Waals surface area contributed by atoms with Crippen LogP contribution in [0.4, 0.5) is 0 Å². The first-order valence-corrected chi connectivity index (χ1v) is 6.99. The zero-order valence-corrected chi connectivity index (χ0v) is 13.0. The van der Waals surface area contributed by atoms with Crippen molar-refractivity contribution in [1.29, 1.82) is 0 Å². The van der Waals surface area contributed by atoms with Crippen LogP contribution in [0, 0.1) is 6.92 Å². The molecule has 1 unspecified atom stereocenters. The normalized spacial score (nSPS) is 12.0. The van der Waals surface area contributed by atoms with E-state index in [-0.39, 0.29) is 6.04 Å². The van der Waals surface area contributed by atoms with Gasteiger partial charge in [-0.05, 0) is 38.1 Å². The summed E-state index contributed by atoms with van der Waals surface area (Å²) in [6, 6.07) is 10.3. The maximum atomic E-state index is 5.46. The molecule has 0 aliphatic rings. The van der Waals surface area contributed by atoms with Gasteiger partial charge in [-0.1, -0.05) is 23.8 Å². The number of benzene rings is 1. The van der Waals surface area contributed by atoms with E-state index in [0.29, 0.717) is 5.88 Å². The van der Waals surface area contributed by atoms with Gasteiger partial charge in [0.25, 0.3) is 0 Å². The van der Waals surface area contributed by atoms with E-state index in [1.807, 2.05) is 25.2 Å². The minimum absolute atomic E-state index is 0.115. The van der Waals surface area contributed by atoms with Gasteiger partial charge in [-0.15, -0.1) is 0 Å². The molecule has 2 aromatic rings. The van der Waals surface area contributed by atoms with E-state index < -0.39 is 0 Å². The quantitative estimate of drug-likeness (QED) is 0.886. The van der Waals surface area contributed by atoms with Gasteiger partial charge in [0, 0.05) is 17.8 Å². The van der Waals surface area contributed by atoms with Crippen LogP contribution in [0.2, 0.25) is 0 Å². The van der Waals surface area contributed by atoms with Gasteiger partial charge in [0.2, 0.25) is 5.88 Å². The molecular formula is C17H22N2O2. The van der Waals surface area contributed by atoms with Crippen molar-refractivity contribution >= 4 is 0 Å². The van der Waals surface area contributed by atoms with Crippen molar-refractivity contribution < 1.29 is 9.47 Å². The molecule has 21 heavy (non-hydrogen) atoms. The number of nitrogens with zero attached hydrogens (tertiary/aromatic N) is 1. The molecule has 0 aliphatic carbocycles. The predicted octanol–water partition coefficient (Wildman–Crippen LogP) is 2.91. The average Bonchev–Trinajstić information content (AvgIpc) is 2.52. The topological polar surface area (TPSA) is 43.4 Å². The summed E-state index contributed by atoms with van der Waals surface area (Å²) in [5, 5.41) is 3.34. The van der Waals surface area contributed by atoms with Gasteiger partial charge >= 0.3 is 0 Å². The lowest BCUT2D eigenvalue weighted by atomic mass is 9.98. The van der Waals surface area contributed by atoms with Crippen molar-refractivity contribution in [1.82, 2.24) is 10.3 Å². The summed E-state index contributed by atoms with van der Waals surface area (Å²) in [5.74, 6) is 1.56. The second kappa shape index (κ2) is 7.09. The fourth-order valence-electron chi connectivity index (χ4n) is 2.49. The number of hydrogen-bond donors (Lipinski definition) is 1. The molecule has 0 radical (unpaired) electrons. The smallest absolute Gasteiger partial charge is 0.217 e. The maximum absolute atomic E-state index is 5.46. The summed E-state index contributed by atoms with van der Waals surface area (Å²) in [7, 11) is 5.29. The zero-order chi connectivity index (χ0) is 15.2. The van der Waals surface area contributed by atoms with Crippen molar-refractivity contribution in [3.8, 4) is 11.6 Å². The summed E-state index contributed by atoms with van der Waals surface area (Å²) >= 11 is 0. The predicted molar refractivity (Wildman–Crippen MR) is 84.0 cm³/mol. The Morgan fingerprint density at radius 1 is 1.19 bits per heavy atom. The van der Waals surface area contributed by atoms with Crippen molar-refractivity contribution in [2.45, 2.75) is 19.4 Å². The van der Waals surface area contributed by atoms with E-state index in [2.05, 4.69) is 29.4 Å². The Bertz CT molecular complexity index is 599. The second-order valence-corrected chi connectivity index (χ2v) is 4.96. The van der Waals surface area contributed by atoms with Gasteiger partial charge in [-0.25, -0.2) is 4.98 Å². The van der Waals surface area contributed by atoms with Gasteiger partial charge < -0.3 is 14.8 Å². The molecule has 0 spiro atoms. The highest BCUT2D eigenvalue weighted by Gasteiger charge is 2.17. The van der Waals surface area contributed by atoms with Gasteiger partial charge in [-0.3, -0.25) is 0 Å². The van der Waals surface area contributed by atoms with Gasteiger partial charge in [-0.2, -0.15) is 0 Å². The molecule has 0 bridgehead atoms. The molecule has 1 atom stereocenters. The van der Waals surface area contributed by atoms with Crippen LogP contribution < -0.4 is 14.8 Å². The first-order valence-electron chi connectivity index (χ1n) is 6.99. The molecule has 0 saturated heterocycles. The molecule has 2 rings (SSSR count). The van der Waals surface area contributed by atoms with E-state index in [9.17, 15) is 0 Å². The Kier molecular flexibility index (Phi) is 5.17. The average molecular weight is 286 g/mol. The van der Waals surface area contributed by atoms with Crippen LogP contribution in [-0.2, 0) is 6.42 Å². The Balaban J connectivity index is 2.33. The van der Waals surface area contributed by atoms with Gasteiger partial charge in [0.15, 0.2) is 0 Å². The van der Waals surface area contributed by atoms with E-state index in [0.717, 1.165) is 17.7 Å². The number of hydrogen-bond acceptors (Lipinski definition) is 4. The Hall–Kier alpha value is -2.07. The minimum atomic E-state index is 0.115. The number of aromatic nitrogens is 1. The third-order valence-corrected chi connectivity index (χ3v) is 3.58. The molecule has 0 fully saturated rings. The number of nitrogens with one attached hydrogen (secondary N) is 1. The fourth-order valence-corrected chi connectivity index (χ4v) is 2.49. The van der Waals surface area contributed by atoms with Crippen LogP contribution >= 0.6 is 0 Å². The summed E-state index contributed by atoms with van der Waals surface area (Å²) < 4.78 is 10.8. The van der Waals surface area contributed by atoms with Crippen molar-refractivity contribution in [2.24, 2.45) is 0 Å². The van der Waals surface area contributed by atoms with Crippen LogP contribution in [0.3, 0.4) is 0 Å². The molecular weight excluding hydrogens is 264 g/mol. The zero-order valence-electron chi connectivity index (χ0n) is 13.0. The highest BCUT2D eigenvalue weighted by Crippen LogP contribution is 2.29. The number of ether oxygens (including phenoxy) is 2. The lowest BCUT2D eigenvalue weighted by Gasteiger charge is -2.20. The largest absolute Gasteiger partial charge is 0.496 e. The number of methoxy groups -OCH3 is 2. The van der Waals surface area contributed by atoms with Crippen LogP contribution in [-0.4, -0.2) is 26.3 Å². The van der Waals surface area contributed by atoms with Crippen LogP contribution in [0.5, 0.6) is 11.6 Å². The third-order valence-electron chi connectivity index (χ3n) is 3.58. The maximum Gasteiger partial charge on any atom is 0.217 e. The first-order chi connectivity index (χ1) is 10.2. The number of aryl methyl sites for hydroxylation is 1. The van der Waals surface area contributed by atoms with Gasteiger partial charge in [0.05, 0.1) is 14.2 Å². The Morgan fingerprint density at radius 3 is 2.67 bits per heavy atom. The van der Waals surface area contributed by atoms with Crippen LogP contribution in [0.15, 0.2) is 36.5 Å². The lowest BCUT2D eigenvalue weighted by molar-refractivity contribution is 0.382. The Morgan fingerprint density at radius 2 is 2.00 bits per heavy atom. The van der Waals surface area contributed by atoms with E-state index in [1.54, 1.807) is 20.4 Å². The molecule has 1 N–H and O–H groups in total. The summed E-state index contributed by atoms with van der Waals surface area (Å²) in [6.45, 7) is 2.09. The number of rotatable bonds is 6. The lowest BCUT2D eigenvalue weighted by Crippen LogP contribution is -2.20. The monoisotopic (exact) mass is 286 g/mol. The SMILES string of the molecule is CNC(Cc1cc(C)ccc1OC)c1cccnc1OC. The number of pyridine rings is 1. The van der Waals surface area contributed by atoms with Gasteiger partial charge in [0.1, 0.15) is 5.75 Å². The standard InChI is InChI=1S/C17H22N2O2/c1-12-7-8-16(20-3)13(10-12)11-15(18-2)14-6-5-9-19-17(14)21-4/h5-10,15,18H,11H2,1-4H3. The molecule has 0 saturated carbocycles. The highest BCUT2D eigenvalue weighted by molar-refractivity contribution is 5.39. The summed E-state index contributed by atoms with van der Waals surface area (Å²) in [6.07, 6.45) is 2.55. The molecule has 0 aliphatic heterocycles. The molecule has 1 aromatic carbocycles. The van der Waals surface area contributed by atoms with E-state index >= 15 is 0 Å². The molecule has 4 nitrogen and oxygen atoms in total.